The van der Waals surface area contributed by atoms with E-state index in [1.54, 1.807) is 0 Å². The average Bonchev–Trinajstić information content (AvgIpc) is 3.27. The first kappa shape index (κ1) is 18.4. The van der Waals surface area contributed by atoms with Crippen LogP contribution in [0.4, 0.5) is 0 Å². The summed E-state index contributed by atoms with van der Waals surface area (Å²) in [5.74, 6) is -0.454. The van der Waals surface area contributed by atoms with Crippen molar-refractivity contribution < 1.29 is 17.9 Å². The Morgan fingerprint density at radius 1 is 1.12 bits per heavy atom. The quantitative estimate of drug-likeness (QED) is 0.695. The first-order valence-corrected chi connectivity index (χ1v) is 10.9. The Balaban J connectivity index is 1.40. The molecule has 138 valence electrons. The third kappa shape index (κ3) is 5.28. The van der Waals surface area contributed by atoms with Crippen molar-refractivity contribution in [1.82, 2.24) is 4.90 Å². The van der Waals surface area contributed by atoms with Crippen molar-refractivity contribution in [2.45, 2.75) is 56.4 Å². The van der Waals surface area contributed by atoms with Crippen LogP contribution < -0.4 is 0 Å². The molecule has 1 aromatic rings. The number of sulfone groups is 1. The average molecular weight is 365 g/mol. The molecule has 0 unspecified atom stereocenters. The number of carbonyl (C=O) groups excluding carboxylic acids is 1. The summed E-state index contributed by atoms with van der Waals surface area (Å²) in [5, 5.41) is -0.242. The summed E-state index contributed by atoms with van der Waals surface area (Å²) < 4.78 is 29.9. The highest BCUT2D eigenvalue weighted by atomic mass is 32.2. The van der Waals surface area contributed by atoms with Crippen LogP contribution in [0, 0.1) is 0 Å². The van der Waals surface area contributed by atoms with Crippen LogP contribution >= 0.6 is 0 Å². The largest absolute Gasteiger partial charge is 0.461 e. The normalized spacial score (nSPS) is 22.3. The highest BCUT2D eigenvalue weighted by molar-refractivity contribution is 7.92. The van der Waals surface area contributed by atoms with Crippen LogP contribution in [0.25, 0.3) is 0 Å². The van der Waals surface area contributed by atoms with Crippen molar-refractivity contribution in [1.29, 1.82) is 0 Å². The molecule has 0 aromatic heterocycles. The van der Waals surface area contributed by atoms with Gasteiger partial charge in [0.2, 0.25) is 0 Å². The summed E-state index contributed by atoms with van der Waals surface area (Å²) >= 11 is 0. The maximum atomic E-state index is 12.2. The summed E-state index contributed by atoms with van der Waals surface area (Å²) in [6, 6.07) is 10.2. The fourth-order valence-electron chi connectivity index (χ4n) is 3.76. The Morgan fingerprint density at radius 2 is 1.84 bits per heavy atom. The number of esters is 1. The monoisotopic (exact) mass is 365 g/mol. The van der Waals surface area contributed by atoms with E-state index in [-0.39, 0.29) is 29.5 Å². The predicted molar refractivity (Wildman–Crippen MR) is 96.9 cm³/mol. The molecule has 0 N–H and O–H groups in total. The Kier molecular flexibility index (Phi) is 6.12. The molecule has 6 heteroatoms. The van der Waals surface area contributed by atoms with E-state index in [1.165, 1.54) is 5.56 Å². The van der Waals surface area contributed by atoms with Crippen LogP contribution in [0.2, 0.25) is 0 Å². The molecule has 1 aliphatic heterocycles. The van der Waals surface area contributed by atoms with Gasteiger partial charge < -0.3 is 4.74 Å². The smallest absolute Gasteiger partial charge is 0.307 e. The highest BCUT2D eigenvalue weighted by Crippen LogP contribution is 2.25. The highest BCUT2D eigenvalue weighted by Gasteiger charge is 2.30. The zero-order valence-electron chi connectivity index (χ0n) is 14.6. The molecule has 1 aromatic carbocycles. The SMILES string of the molecule is O=C(CCS(=O)(=O)C1CCCC1)O[C@@H]1CCN(Cc2ccccc2)C1. The first-order valence-electron chi connectivity index (χ1n) is 9.20. The summed E-state index contributed by atoms with van der Waals surface area (Å²) in [7, 11) is -3.15. The number of ether oxygens (including phenoxy) is 1. The van der Waals surface area contributed by atoms with Gasteiger partial charge in [-0.15, -0.1) is 0 Å². The van der Waals surface area contributed by atoms with E-state index >= 15 is 0 Å². The Bertz CT molecular complexity index is 668. The molecule has 1 aliphatic carbocycles. The lowest BCUT2D eigenvalue weighted by Gasteiger charge is -2.16. The minimum absolute atomic E-state index is 0.0198. The molecule has 1 saturated heterocycles. The number of hydrogen-bond acceptors (Lipinski definition) is 5. The van der Waals surface area contributed by atoms with Crippen molar-refractivity contribution in [2.24, 2.45) is 0 Å². The van der Waals surface area contributed by atoms with Gasteiger partial charge in [0.05, 0.1) is 17.4 Å². The number of hydrogen-bond donors (Lipinski definition) is 0. The van der Waals surface area contributed by atoms with Gasteiger partial charge in [0.25, 0.3) is 0 Å². The van der Waals surface area contributed by atoms with E-state index in [4.69, 9.17) is 4.74 Å². The Morgan fingerprint density at radius 3 is 2.56 bits per heavy atom. The molecule has 1 atom stereocenters. The summed E-state index contributed by atoms with van der Waals surface area (Å²) in [5.41, 5.74) is 1.25. The molecular formula is C19H27NO4S. The third-order valence-corrected chi connectivity index (χ3v) is 7.44. The van der Waals surface area contributed by atoms with Gasteiger partial charge in [0.1, 0.15) is 6.10 Å². The van der Waals surface area contributed by atoms with E-state index in [1.807, 2.05) is 18.2 Å². The number of rotatable bonds is 7. The lowest BCUT2D eigenvalue weighted by molar-refractivity contribution is -0.147. The van der Waals surface area contributed by atoms with E-state index in [0.717, 1.165) is 51.7 Å². The summed E-state index contributed by atoms with van der Waals surface area (Å²) in [6.45, 7) is 2.47. The molecule has 2 fully saturated rings. The van der Waals surface area contributed by atoms with Crippen molar-refractivity contribution in [3.05, 3.63) is 35.9 Å². The van der Waals surface area contributed by atoms with Gasteiger partial charge in [0.15, 0.2) is 9.84 Å². The minimum atomic E-state index is -3.15. The molecule has 0 radical (unpaired) electrons. The third-order valence-electron chi connectivity index (χ3n) is 5.18. The molecule has 1 heterocycles. The van der Waals surface area contributed by atoms with Crippen LogP contribution in [-0.2, 0) is 25.9 Å². The van der Waals surface area contributed by atoms with Gasteiger partial charge in [0, 0.05) is 19.6 Å². The van der Waals surface area contributed by atoms with E-state index < -0.39 is 9.84 Å². The van der Waals surface area contributed by atoms with Crippen molar-refractivity contribution >= 4 is 15.8 Å². The van der Waals surface area contributed by atoms with Gasteiger partial charge in [-0.2, -0.15) is 0 Å². The molecule has 3 rings (SSSR count). The fraction of sp³-hybridized carbons (Fsp3) is 0.632. The molecule has 0 amide bonds. The molecule has 1 saturated carbocycles. The molecular weight excluding hydrogens is 338 g/mol. The number of carbonyl (C=O) groups is 1. The predicted octanol–water partition coefficient (Wildman–Crippen LogP) is 2.55. The van der Waals surface area contributed by atoms with Crippen molar-refractivity contribution in [3.63, 3.8) is 0 Å². The van der Waals surface area contributed by atoms with Crippen molar-refractivity contribution in [3.8, 4) is 0 Å². The lowest BCUT2D eigenvalue weighted by Crippen LogP contribution is -2.27. The second-order valence-electron chi connectivity index (χ2n) is 7.14. The number of nitrogens with zero attached hydrogens (tertiary/aromatic N) is 1. The maximum Gasteiger partial charge on any atom is 0.307 e. The number of likely N-dealkylation sites (tertiary alicyclic amines) is 1. The van der Waals surface area contributed by atoms with Crippen LogP contribution in [0.5, 0.6) is 0 Å². The maximum absolute atomic E-state index is 12.2. The van der Waals surface area contributed by atoms with Crippen LogP contribution in [-0.4, -0.2) is 49.5 Å². The molecule has 0 spiro atoms. The molecule has 2 aliphatic rings. The van der Waals surface area contributed by atoms with Crippen LogP contribution in [0.15, 0.2) is 30.3 Å². The van der Waals surface area contributed by atoms with E-state index in [0.29, 0.717) is 0 Å². The van der Waals surface area contributed by atoms with Gasteiger partial charge in [-0.3, -0.25) is 9.69 Å². The van der Waals surface area contributed by atoms with Gasteiger partial charge in [-0.25, -0.2) is 8.42 Å². The fourth-order valence-corrected chi connectivity index (χ4v) is 5.60. The molecule has 0 bridgehead atoms. The summed E-state index contributed by atoms with van der Waals surface area (Å²) in [4.78, 5) is 14.3. The lowest BCUT2D eigenvalue weighted by atomic mass is 10.2. The van der Waals surface area contributed by atoms with Crippen LogP contribution in [0.1, 0.15) is 44.1 Å². The topological polar surface area (TPSA) is 63.7 Å². The zero-order valence-corrected chi connectivity index (χ0v) is 15.4. The molecule has 5 nitrogen and oxygen atoms in total. The first-order chi connectivity index (χ1) is 12.0. The van der Waals surface area contributed by atoms with Crippen LogP contribution in [0.3, 0.4) is 0 Å². The van der Waals surface area contributed by atoms with Gasteiger partial charge in [-0.1, -0.05) is 43.2 Å². The second kappa shape index (κ2) is 8.32. The molecule has 25 heavy (non-hydrogen) atoms. The van der Waals surface area contributed by atoms with E-state index in [9.17, 15) is 13.2 Å². The van der Waals surface area contributed by atoms with E-state index in [2.05, 4.69) is 17.0 Å². The van der Waals surface area contributed by atoms with Gasteiger partial charge in [-0.05, 0) is 24.8 Å². The standard InChI is InChI=1S/C19H27NO4S/c21-19(11-13-25(22,23)18-8-4-5-9-18)24-17-10-12-20(15-17)14-16-6-2-1-3-7-16/h1-3,6-7,17-18H,4-5,8-15H2/t17-/m1/s1. The zero-order chi connectivity index (χ0) is 17.7. The number of benzene rings is 1. The van der Waals surface area contributed by atoms with Gasteiger partial charge >= 0.3 is 5.97 Å². The van der Waals surface area contributed by atoms with Crippen molar-refractivity contribution in [2.75, 3.05) is 18.8 Å². The Labute approximate surface area is 150 Å². The minimum Gasteiger partial charge on any atom is -0.461 e. The Hall–Kier alpha value is -1.40. The second-order valence-corrected chi connectivity index (χ2v) is 9.55. The summed E-state index contributed by atoms with van der Waals surface area (Å²) in [6.07, 6.45) is 4.12.